The van der Waals surface area contributed by atoms with Gasteiger partial charge < -0.3 is 4.98 Å². The van der Waals surface area contributed by atoms with E-state index in [1.54, 1.807) is 6.92 Å². The van der Waals surface area contributed by atoms with Crippen molar-refractivity contribution in [1.29, 1.82) is 0 Å². The minimum absolute atomic E-state index is 0.116. The molecule has 1 N–H and O–H groups in total. The van der Waals surface area contributed by atoms with E-state index in [1.807, 2.05) is 24.3 Å². The Bertz CT molecular complexity index is 764. The number of nitrogens with one attached hydrogen (secondary N) is 1. The molecule has 1 aliphatic heterocycles. The smallest absolute Gasteiger partial charge is 0.305 e. The van der Waals surface area contributed by atoms with Gasteiger partial charge in [0.1, 0.15) is 0 Å². The van der Waals surface area contributed by atoms with Crippen LogP contribution in [0.1, 0.15) is 16.8 Å². The molecule has 1 aliphatic rings. The summed E-state index contributed by atoms with van der Waals surface area (Å²) in [6.45, 7) is 2.34. The normalized spacial score (nSPS) is 15.6. The van der Waals surface area contributed by atoms with E-state index in [-0.39, 0.29) is 9.08 Å². The molecule has 0 amide bonds. The number of fused-ring (bicyclic) bond motifs is 1. The summed E-state index contributed by atoms with van der Waals surface area (Å²) in [5.41, 5.74) is 2.45. The molecule has 0 spiro atoms. The first kappa shape index (κ1) is 12.6. The van der Waals surface area contributed by atoms with Crippen LogP contribution in [0.5, 0.6) is 0 Å². The average Bonchev–Trinajstić information content (AvgIpc) is 2.92. The summed E-state index contributed by atoms with van der Waals surface area (Å²) >= 11 is 0.746. The van der Waals surface area contributed by atoms with Crippen molar-refractivity contribution in [3.05, 3.63) is 50.8 Å². The molecule has 1 aromatic heterocycles. The van der Waals surface area contributed by atoms with Crippen LogP contribution in [0.4, 0.5) is 0 Å². The molecule has 3 rings (SSSR count). The van der Waals surface area contributed by atoms with Gasteiger partial charge in [0.25, 0.3) is 10.0 Å². The molecule has 0 fully saturated rings. The van der Waals surface area contributed by atoms with Crippen LogP contribution < -0.4 is 4.87 Å². The van der Waals surface area contributed by atoms with Gasteiger partial charge in [-0.1, -0.05) is 35.6 Å². The quantitative estimate of drug-likeness (QED) is 0.912. The molecular weight excluding hydrogens is 284 g/mol. The van der Waals surface area contributed by atoms with E-state index >= 15 is 0 Å². The number of aromatic amines is 1. The van der Waals surface area contributed by atoms with E-state index in [4.69, 9.17) is 0 Å². The maximum Gasteiger partial charge on any atom is 0.305 e. The Morgan fingerprint density at radius 2 is 1.79 bits per heavy atom. The van der Waals surface area contributed by atoms with Gasteiger partial charge in [-0.05, 0) is 18.1 Å². The second kappa shape index (κ2) is 4.29. The average molecular weight is 296 g/mol. The molecule has 2 heterocycles. The molecular formula is C12H12N2O3S2. The summed E-state index contributed by atoms with van der Waals surface area (Å²) in [7, 11) is -3.60. The number of hydrogen-bond acceptors (Lipinski definition) is 4. The fourth-order valence-electron chi connectivity index (χ4n) is 2.23. The number of thiazole rings is 1. The first-order valence-electron chi connectivity index (χ1n) is 5.75. The van der Waals surface area contributed by atoms with Crippen LogP contribution in [0.3, 0.4) is 0 Å². The molecule has 0 bridgehead atoms. The lowest BCUT2D eigenvalue weighted by molar-refractivity contribution is 0.432. The zero-order chi connectivity index (χ0) is 13.6. The summed E-state index contributed by atoms with van der Waals surface area (Å²) in [5, 5.41) is 0. The number of rotatable bonds is 2. The third-order valence-electron chi connectivity index (χ3n) is 3.17. The Morgan fingerprint density at radius 1 is 1.21 bits per heavy atom. The Hall–Kier alpha value is -1.44. The SMILES string of the molecule is Cc1[nH]c(=O)sc1S(=O)(=O)N1Cc2ccccc2C1. The maximum atomic E-state index is 12.5. The second-order valence-corrected chi connectivity index (χ2v) is 7.59. The predicted octanol–water partition coefficient (Wildman–Crippen LogP) is 1.45. The van der Waals surface area contributed by atoms with Crippen molar-refractivity contribution in [2.24, 2.45) is 0 Å². The fourth-order valence-corrected chi connectivity index (χ4v) is 5.06. The van der Waals surface area contributed by atoms with Crippen LogP contribution in [0.2, 0.25) is 0 Å². The van der Waals surface area contributed by atoms with Gasteiger partial charge in [0, 0.05) is 18.8 Å². The van der Waals surface area contributed by atoms with Gasteiger partial charge in [0.15, 0.2) is 4.21 Å². The highest BCUT2D eigenvalue weighted by Crippen LogP contribution is 2.30. The van der Waals surface area contributed by atoms with Crippen LogP contribution in [-0.2, 0) is 23.1 Å². The molecule has 0 atom stereocenters. The summed E-state index contributed by atoms with van der Waals surface area (Å²) in [6.07, 6.45) is 0. The second-order valence-electron chi connectivity index (χ2n) is 4.47. The van der Waals surface area contributed by atoms with Gasteiger partial charge >= 0.3 is 4.87 Å². The van der Waals surface area contributed by atoms with Crippen molar-refractivity contribution in [3.63, 3.8) is 0 Å². The summed E-state index contributed by atoms with van der Waals surface area (Å²) < 4.78 is 26.6. The number of sulfonamides is 1. The number of hydrogen-bond donors (Lipinski definition) is 1. The van der Waals surface area contributed by atoms with E-state index in [1.165, 1.54) is 4.31 Å². The molecule has 0 saturated carbocycles. The lowest BCUT2D eigenvalue weighted by atomic mass is 10.1. The highest BCUT2D eigenvalue weighted by molar-refractivity contribution is 7.91. The van der Waals surface area contributed by atoms with Crippen molar-refractivity contribution in [3.8, 4) is 0 Å². The van der Waals surface area contributed by atoms with Crippen molar-refractivity contribution < 1.29 is 8.42 Å². The predicted molar refractivity (Wildman–Crippen MR) is 72.6 cm³/mol. The largest absolute Gasteiger partial charge is 0.315 e. The van der Waals surface area contributed by atoms with Crippen molar-refractivity contribution in [1.82, 2.24) is 9.29 Å². The minimum atomic E-state index is -3.60. The Morgan fingerprint density at radius 3 is 2.26 bits per heavy atom. The number of aryl methyl sites for hydroxylation is 1. The third kappa shape index (κ3) is 2.03. The minimum Gasteiger partial charge on any atom is -0.315 e. The van der Waals surface area contributed by atoms with Gasteiger partial charge in [-0.25, -0.2) is 8.42 Å². The molecule has 0 saturated heterocycles. The van der Waals surface area contributed by atoms with E-state index in [0.717, 1.165) is 22.5 Å². The van der Waals surface area contributed by atoms with Crippen molar-refractivity contribution in [2.45, 2.75) is 24.2 Å². The number of aromatic nitrogens is 1. The van der Waals surface area contributed by atoms with Gasteiger partial charge in [-0.15, -0.1) is 0 Å². The van der Waals surface area contributed by atoms with Crippen LogP contribution in [-0.4, -0.2) is 17.7 Å². The molecule has 19 heavy (non-hydrogen) atoms. The first-order chi connectivity index (χ1) is 8.98. The lowest BCUT2D eigenvalue weighted by Crippen LogP contribution is -2.25. The van der Waals surface area contributed by atoms with E-state index in [2.05, 4.69) is 4.98 Å². The van der Waals surface area contributed by atoms with Crippen molar-refractivity contribution in [2.75, 3.05) is 0 Å². The van der Waals surface area contributed by atoms with Crippen molar-refractivity contribution >= 4 is 21.4 Å². The van der Waals surface area contributed by atoms with Crippen LogP contribution in [0.15, 0.2) is 33.3 Å². The molecule has 7 heteroatoms. The van der Waals surface area contributed by atoms with Crippen LogP contribution >= 0.6 is 11.3 Å². The van der Waals surface area contributed by atoms with E-state index < -0.39 is 10.0 Å². The molecule has 2 aromatic rings. The van der Waals surface area contributed by atoms with Crippen LogP contribution in [0, 0.1) is 6.92 Å². The lowest BCUT2D eigenvalue weighted by Gasteiger charge is -2.14. The van der Waals surface area contributed by atoms with Gasteiger partial charge in [0.05, 0.1) is 0 Å². The Labute approximate surface area is 114 Å². The zero-order valence-corrected chi connectivity index (χ0v) is 11.8. The highest BCUT2D eigenvalue weighted by atomic mass is 32.2. The fraction of sp³-hybridized carbons (Fsp3) is 0.250. The first-order valence-corrected chi connectivity index (χ1v) is 8.01. The van der Waals surface area contributed by atoms with E-state index in [9.17, 15) is 13.2 Å². The topological polar surface area (TPSA) is 70.2 Å². The Kier molecular flexibility index (Phi) is 2.84. The number of nitrogens with zero attached hydrogens (tertiary/aromatic N) is 1. The standard InChI is InChI=1S/C12H12N2O3S2/c1-8-11(18-12(15)13-8)19(16,17)14-6-9-4-2-3-5-10(9)7-14/h2-5H,6-7H2,1H3,(H,13,15). The summed E-state index contributed by atoms with van der Waals surface area (Å²) in [4.78, 5) is 13.4. The number of benzene rings is 1. The van der Waals surface area contributed by atoms with Gasteiger partial charge in [0.2, 0.25) is 0 Å². The summed E-state index contributed by atoms with van der Waals surface area (Å²) in [6, 6.07) is 7.65. The monoisotopic (exact) mass is 296 g/mol. The highest BCUT2D eigenvalue weighted by Gasteiger charge is 2.32. The zero-order valence-electron chi connectivity index (χ0n) is 10.2. The molecule has 100 valence electrons. The van der Waals surface area contributed by atoms with E-state index in [0.29, 0.717) is 18.8 Å². The molecule has 1 aromatic carbocycles. The molecule has 0 aliphatic carbocycles. The molecule has 0 unspecified atom stereocenters. The van der Waals surface area contributed by atoms with Gasteiger partial charge in [-0.3, -0.25) is 4.79 Å². The number of H-pyrrole nitrogens is 1. The third-order valence-corrected chi connectivity index (χ3v) is 6.54. The van der Waals surface area contributed by atoms with Gasteiger partial charge in [-0.2, -0.15) is 4.31 Å². The summed E-state index contributed by atoms with van der Waals surface area (Å²) in [5.74, 6) is 0. The van der Waals surface area contributed by atoms with Crippen LogP contribution in [0.25, 0.3) is 0 Å². The molecule has 0 radical (unpaired) electrons. The Balaban J connectivity index is 2.01. The molecule has 5 nitrogen and oxygen atoms in total. The maximum absolute atomic E-state index is 12.5.